The van der Waals surface area contributed by atoms with Crippen molar-refractivity contribution in [1.82, 2.24) is 10.2 Å². The van der Waals surface area contributed by atoms with E-state index >= 15 is 0 Å². The number of nitrogens with zero attached hydrogens (tertiary/aromatic N) is 1. The van der Waals surface area contributed by atoms with E-state index in [1.165, 1.54) is 0 Å². The first-order valence-electron chi connectivity index (χ1n) is 6.76. The molecular weight excluding hydrogens is 216 g/mol. The average Bonchev–Trinajstić information content (AvgIpc) is 2.38. The second-order valence-electron chi connectivity index (χ2n) is 4.75. The topological polar surface area (TPSA) is 41.6 Å². The molecule has 1 aliphatic heterocycles. The van der Waals surface area contributed by atoms with E-state index in [2.05, 4.69) is 12.2 Å². The highest BCUT2D eigenvalue weighted by Crippen LogP contribution is 2.12. The second-order valence-corrected chi connectivity index (χ2v) is 4.75. The maximum atomic E-state index is 12.1. The Balaban J connectivity index is 2.27. The molecule has 1 aliphatic rings. The van der Waals surface area contributed by atoms with E-state index in [9.17, 15) is 4.79 Å². The van der Waals surface area contributed by atoms with Gasteiger partial charge in [0.2, 0.25) is 0 Å². The Bertz CT molecular complexity index is 225. The predicted molar refractivity (Wildman–Crippen MR) is 69.0 cm³/mol. The van der Waals surface area contributed by atoms with Gasteiger partial charge in [-0.3, -0.25) is 4.79 Å². The lowest BCUT2D eigenvalue weighted by Gasteiger charge is -2.33. The van der Waals surface area contributed by atoms with Crippen molar-refractivity contribution >= 4 is 5.91 Å². The molecule has 1 fully saturated rings. The summed E-state index contributed by atoms with van der Waals surface area (Å²) in [5.74, 6) is 0.149. The number of nitrogens with one attached hydrogen (secondary N) is 1. The standard InChI is InChI=1S/C13H26N2O2/c1-4-5-10-17-11(2)13(16)15-8-6-12(14-3)7-9-15/h11-12,14H,4-10H2,1-3H3. The van der Waals surface area contributed by atoms with Crippen LogP contribution in [0.5, 0.6) is 0 Å². The Hall–Kier alpha value is -0.610. The third-order valence-electron chi connectivity index (χ3n) is 3.43. The number of rotatable bonds is 6. The van der Waals surface area contributed by atoms with Crippen LogP contribution in [0, 0.1) is 0 Å². The van der Waals surface area contributed by atoms with Crippen molar-refractivity contribution in [2.45, 2.75) is 51.7 Å². The molecule has 0 aromatic carbocycles. The number of likely N-dealkylation sites (tertiary alicyclic amines) is 1. The monoisotopic (exact) mass is 242 g/mol. The first-order chi connectivity index (χ1) is 8.19. The molecule has 0 saturated carbocycles. The zero-order valence-electron chi connectivity index (χ0n) is 11.4. The molecule has 1 saturated heterocycles. The smallest absolute Gasteiger partial charge is 0.251 e. The number of carbonyl (C=O) groups excluding carboxylic acids is 1. The lowest BCUT2D eigenvalue weighted by atomic mass is 10.0. The molecule has 0 aromatic heterocycles. The molecular formula is C13H26N2O2. The van der Waals surface area contributed by atoms with E-state index in [1.807, 2.05) is 18.9 Å². The number of amides is 1. The largest absolute Gasteiger partial charge is 0.369 e. The van der Waals surface area contributed by atoms with Crippen LogP contribution in [0.4, 0.5) is 0 Å². The summed E-state index contributed by atoms with van der Waals surface area (Å²) in [7, 11) is 1.98. The molecule has 4 heteroatoms. The summed E-state index contributed by atoms with van der Waals surface area (Å²) in [6, 6.07) is 0.565. The Morgan fingerprint density at radius 1 is 1.47 bits per heavy atom. The number of unbranched alkanes of at least 4 members (excludes halogenated alkanes) is 1. The Labute approximate surface area is 105 Å². The first kappa shape index (κ1) is 14.5. The minimum Gasteiger partial charge on any atom is -0.369 e. The molecule has 0 spiro atoms. The van der Waals surface area contributed by atoms with Gasteiger partial charge in [0.1, 0.15) is 6.10 Å². The minimum atomic E-state index is -0.285. The van der Waals surface area contributed by atoms with Crippen LogP contribution in [0.15, 0.2) is 0 Å². The van der Waals surface area contributed by atoms with Crippen molar-refractivity contribution < 1.29 is 9.53 Å². The number of hydrogen-bond donors (Lipinski definition) is 1. The summed E-state index contributed by atoms with van der Waals surface area (Å²) < 4.78 is 5.54. The fourth-order valence-electron chi connectivity index (χ4n) is 2.12. The van der Waals surface area contributed by atoms with Crippen LogP contribution >= 0.6 is 0 Å². The highest BCUT2D eigenvalue weighted by atomic mass is 16.5. The number of carbonyl (C=O) groups is 1. The summed E-state index contributed by atoms with van der Waals surface area (Å²) in [5, 5.41) is 3.27. The molecule has 0 radical (unpaired) electrons. The van der Waals surface area contributed by atoms with Gasteiger partial charge >= 0.3 is 0 Å². The highest BCUT2D eigenvalue weighted by Gasteiger charge is 2.25. The van der Waals surface area contributed by atoms with E-state index in [0.29, 0.717) is 12.6 Å². The van der Waals surface area contributed by atoms with Crippen molar-refractivity contribution in [1.29, 1.82) is 0 Å². The summed E-state index contributed by atoms with van der Waals surface area (Å²) in [6.07, 6.45) is 3.94. The number of hydrogen-bond acceptors (Lipinski definition) is 3. The molecule has 1 N–H and O–H groups in total. The number of piperidine rings is 1. The normalized spacial score (nSPS) is 19.4. The van der Waals surface area contributed by atoms with Crippen LogP contribution in [-0.2, 0) is 9.53 Å². The van der Waals surface area contributed by atoms with Gasteiger partial charge in [0.25, 0.3) is 5.91 Å². The fraction of sp³-hybridized carbons (Fsp3) is 0.923. The zero-order valence-corrected chi connectivity index (χ0v) is 11.4. The summed E-state index contributed by atoms with van der Waals surface area (Å²) in [4.78, 5) is 14.0. The summed E-state index contributed by atoms with van der Waals surface area (Å²) >= 11 is 0. The van der Waals surface area contributed by atoms with Crippen molar-refractivity contribution in [3.8, 4) is 0 Å². The maximum Gasteiger partial charge on any atom is 0.251 e. The molecule has 1 rings (SSSR count). The third-order valence-corrected chi connectivity index (χ3v) is 3.43. The average molecular weight is 242 g/mol. The second kappa shape index (κ2) is 7.67. The lowest BCUT2D eigenvalue weighted by Crippen LogP contribution is -2.47. The van der Waals surface area contributed by atoms with Crippen LogP contribution in [0.3, 0.4) is 0 Å². The van der Waals surface area contributed by atoms with Crippen LogP contribution in [0.1, 0.15) is 39.5 Å². The third kappa shape index (κ3) is 4.64. The highest BCUT2D eigenvalue weighted by molar-refractivity contribution is 5.80. The van der Waals surface area contributed by atoms with Crippen LogP contribution in [-0.4, -0.2) is 49.7 Å². The van der Waals surface area contributed by atoms with E-state index in [0.717, 1.165) is 38.8 Å². The van der Waals surface area contributed by atoms with E-state index in [-0.39, 0.29) is 12.0 Å². The van der Waals surface area contributed by atoms with Gasteiger partial charge in [-0.15, -0.1) is 0 Å². The predicted octanol–water partition coefficient (Wildman–Crippen LogP) is 1.40. The molecule has 0 aromatic rings. The molecule has 4 nitrogen and oxygen atoms in total. The Morgan fingerprint density at radius 2 is 2.12 bits per heavy atom. The van der Waals surface area contributed by atoms with Gasteiger partial charge in [-0.05, 0) is 33.2 Å². The molecule has 1 amide bonds. The molecule has 17 heavy (non-hydrogen) atoms. The van der Waals surface area contributed by atoms with Crippen molar-refractivity contribution in [3.63, 3.8) is 0 Å². The van der Waals surface area contributed by atoms with Gasteiger partial charge < -0.3 is 15.0 Å². The molecule has 0 aliphatic carbocycles. The van der Waals surface area contributed by atoms with E-state index in [4.69, 9.17) is 4.74 Å². The summed E-state index contributed by atoms with van der Waals surface area (Å²) in [6.45, 7) is 6.38. The minimum absolute atomic E-state index is 0.149. The SMILES string of the molecule is CCCCOC(C)C(=O)N1CCC(NC)CC1. The van der Waals surface area contributed by atoms with Crippen LogP contribution in [0.2, 0.25) is 0 Å². The Morgan fingerprint density at radius 3 is 2.65 bits per heavy atom. The molecule has 0 bridgehead atoms. The molecule has 1 unspecified atom stereocenters. The van der Waals surface area contributed by atoms with Gasteiger partial charge in [-0.1, -0.05) is 13.3 Å². The van der Waals surface area contributed by atoms with Crippen LogP contribution < -0.4 is 5.32 Å². The van der Waals surface area contributed by atoms with Crippen molar-refractivity contribution in [3.05, 3.63) is 0 Å². The number of ether oxygens (including phenoxy) is 1. The van der Waals surface area contributed by atoms with E-state index in [1.54, 1.807) is 0 Å². The molecule has 1 heterocycles. The van der Waals surface area contributed by atoms with Gasteiger partial charge in [-0.2, -0.15) is 0 Å². The zero-order chi connectivity index (χ0) is 12.7. The van der Waals surface area contributed by atoms with Gasteiger partial charge in [0.05, 0.1) is 0 Å². The Kier molecular flexibility index (Phi) is 6.52. The van der Waals surface area contributed by atoms with Crippen LogP contribution in [0.25, 0.3) is 0 Å². The maximum absolute atomic E-state index is 12.1. The van der Waals surface area contributed by atoms with Crippen molar-refractivity contribution in [2.24, 2.45) is 0 Å². The lowest BCUT2D eigenvalue weighted by molar-refractivity contribution is -0.143. The summed E-state index contributed by atoms with van der Waals surface area (Å²) in [5.41, 5.74) is 0. The first-order valence-corrected chi connectivity index (χ1v) is 6.76. The van der Waals surface area contributed by atoms with Gasteiger partial charge in [0.15, 0.2) is 0 Å². The van der Waals surface area contributed by atoms with Gasteiger partial charge in [0, 0.05) is 25.7 Å². The van der Waals surface area contributed by atoms with E-state index < -0.39 is 0 Å². The van der Waals surface area contributed by atoms with Gasteiger partial charge in [-0.25, -0.2) is 0 Å². The fourth-order valence-corrected chi connectivity index (χ4v) is 2.12. The van der Waals surface area contributed by atoms with Crippen molar-refractivity contribution in [2.75, 3.05) is 26.7 Å². The molecule has 1 atom stereocenters. The quantitative estimate of drug-likeness (QED) is 0.716. The molecule has 100 valence electrons.